The fraction of sp³-hybridized carbons (Fsp3) is 0.381. The third-order valence-corrected chi connectivity index (χ3v) is 4.34. The van der Waals surface area contributed by atoms with Crippen LogP contribution in [0.1, 0.15) is 25.0 Å². The molecule has 0 fully saturated rings. The Morgan fingerprint density at radius 3 is 1.53 bits per heavy atom. The second-order valence-electron chi connectivity index (χ2n) is 6.45. The normalized spacial score (nSPS) is 10.6. The van der Waals surface area contributed by atoms with E-state index < -0.39 is 16.0 Å². The first-order chi connectivity index (χ1) is 15.3. The number of benzene rings is 2. The molecule has 0 saturated heterocycles. The number of carbonyl (C=O) groups excluding carboxylic acids is 1. The molecular formula is C21H24N2O9. The molecule has 0 aliphatic carbocycles. The molecule has 0 amide bonds. The van der Waals surface area contributed by atoms with E-state index >= 15 is 0 Å². The summed E-state index contributed by atoms with van der Waals surface area (Å²) in [6, 6.07) is 7.67. The largest absolute Gasteiger partial charge is 0.519 e. The number of nitro benzene ring substituents is 2. The lowest BCUT2D eigenvalue weighted by molar-refractivity contribution is -0.385. The molecule has 0 spiro atoms. The second-order valence-corrected chi connectivity index (χ2v) is 6.45. The fourth-order valence-electron chi connectivity index (χ4n) is 2.80. The molecule has 0 atom stereocenters. The molecular weight excluding hydrogens is 424 g/mol. The van der Waals surface area contributed by atoms with Crippen molar-refractivity contribution in [2.75, 3.05) is 26.4 Å². The quantitative estimate of drug-likeness (QED) is 0.153. The highest BCUT2D eigenvalue weighted by molar-refractivity contribution is 5.69. The van der Waals surface area contributed by atoms with E-state index in [-0.39, 0.29) is 48.9 Å². The van der Waals surface area contributed by atoms with Crippen LogP contribution in [0, 0.1) is 20.2 Å². The predicted octanol–water partition coefficient (Wildman–Crippen LogP) is 4.24. The molecule has 0 saturated carbocycles. The van der Waals surface area contributed by atoms with E-state index in [0.29, 0.717) is 24.3 Å². The van der Waals surface area contributed by atoms with Crippen molar-refractivity contribution in [3.8, 4) is 11.5 Å². The molecule has 0 N–H and O–H groups in total. The number of non-ortho nitro benzene ring substituents is 2. The van der Waals surface area contributed by atoms with E-state index in [2.05, 4.69) is 0 Å². The van der Waals surface area contributed by atoms with Gasteiger partial charge in [0.25, 0.3) is 11.4 Å². The molecule has 11 heteroatoms. The molecule has 32 heavy (non-hydrogen) atoms. The van der Waals surface area contributed by atoms with Gasteiger partial charge in [-0.25, -0.2) is 4.79 Å². The summed E-state index contributed by atoms with van der Waals surface area (Å²) in [6.45, 7) is 5.14. The highest BCUT2D eigenvalue weighted by Crippen LogP contribution is 2.28. The monoisotopic (exact) mass is 448 g/mol. The number of ether oxygens (including phenoxy) is 4. The van der Waals surface area contributed by atoms with Gasteiger partial charge in [0.15, 0.2) is 0 Å². The van der Waals surface area contributed by atoms with Gasteiger partial charge in [-0.3, -0.25) is 20.2 Å². The van der Waals surface area contributed by atoms with Crippen LogP contribution in [-0.2, 0) is 22.3 Å². The summed E-state index contributed by atoms with van der Waals surface area (Å²) in [5, 5.41) is 22.1. The maximum absolute atomic E-state index is 12.4. The van der Waals surface area contributed by atoms with Gasteiger partial charge in [-0.15, -0.1) is 0 Å². The minimum atomic E-state index is -1.08. The van der Waals surface area contributed by atoms with Gasteiger partial charge in [0.05, 0.1) is 23.1 Å². The van der Waals surface area contributed by atoms with Crippen LogP contribution in [0.5, 0.6) is 11.5 Å². The maximum atomic E-state index is 12.4. The van der Waals surface area contributed by atoms with Gasteiger partial charge in [0.1, 0.15) is 11.5 Å². The number of carbonyl (C=O) groups is 1. The third-order valence-electron chi connectivity index (χ3n) is 4.34. The molecule has 2 rings (SSSR count). The lowest BCUT2D eigenvalue weighted by Gasteiger charge is -2.12. The van der Waals surface area contributed by atoms with E-state index in [1.54, 1.807) is 0 Å². The molecule has 2 aromatic rings. The first-order valence-electron chi connectivity index (χ1n) is 9.95. The summed E-state index contributed by atoms with van der Waals surface area (Å²) >= 11 is 0. The minimum absolute atomic E-state index is 0.0954. The van der Waals surface area contributed by atoms with Crippen molar-refractivity contribution in [3.05, 3.63) is 67.8 Å². The fourth-order valence-corrected chi connectivity index (χ4v) is 2.80. The maximum Gasteiger partial charge on any atom is 0.519 e. The molecule has 0 aromatic heterocycles. The number of hydrogen-bond donors (Lipinski definition) is 0. The van der Waals surface area contributed by atoms with Crippen molar-refractivity contribution >= 4 is 17.5 Å². The molecule has 0 heterocycles. The van der Waals surface area contributed by atoms with Crippen LogP contribution in [0.25, 0.3) is 0 Å². The van der Waals surface area contributed by atoms with E-state index in [0.717, 1.165) is 0 Å². The first kappa shape index (κ1) is 24.7. The Kier molecular flexibility index (Phi) is 9.51. The van der Waals surface area contributed by atoms with Crippen LogP contribution >= 0.6 is 0 Å². The first-order valence-corrected chi connectivity index (χ1v) is 9.95. The van der Waals surface area contributed by atoms with Gasteiger partial charge in [-0.05, 0) is 38.8 Å². The molecule has 0 aliphatic heterocycles. The van der Waals surface area contributed by atoms with Crippen LogP contribution < -0.4 is 9.47 Å². The molecule has 0 unspecified atom stereocenters. The van der Waals surface area contributed by atoms with Crippen molar-refractivity contribution in [2.24, 2.45) is 0 Å². The zero-order valence-electron chi connectivity index (χ0n) is 17.8. The molecule has 2 aromatic carbocycles. The standard InChI is InChI=1S/C21H24N2O9/c1-3-29-11-9-15-13-17(22(25)26)5-7-19(15)31-21(24)32-20-8-6-18(23(27)28)14-16(20)10-12-30-4-2/h5-8,13-14H,3-4,9-12H2,1-2H3. The number of nitro groups is 2. The molecule has 172 valence electrons. The van der Waals surface area contributed by atoms with Gasteiger partial charge in [-0.1, -0.05) is 0 Å². The summed E-state index contributed by atoms with van der Waals surface area (Å²) in [7, 11) is 0. The Hall–Kier alpha value is -3.57. The lowest BCUT2D eigenvalue weighted by Crippen LogP contribution is -2.16. The van der Waals surface area contributed by atoms with E-state index in [1.807, 2.05) is 13.8 Å². The van der Waals surface area contributed by atoms with Crippen LogP contribution in [0.3, 0.4) is 0 Å². The van der Waals surface area contributed by atoms with Gasteiger partial charge in [0.2, 0.25) is 0 Å². The predicted molar refractivity (Wildman–Crippen MR) is 113 cm³/mol. The van der Waals surface area contributed by atoms with E-state index in [4.69, 9.17) is 18.9 Å². The Balaban J connectivity index is 2.20. The van der Waals surface area contributed by atoms with Crippen LogP contribution in [0.4, 0.5) is 16.2 Å². The van der Waals surface area contributed by atoms with Crippen molar-refractivity contribution in [2.45, 2.75) is 26.7 Å². The van der Waals surface area contributed by atoms with Crippen molar-refractivity contribution in [1.29, 1.82) is 0 Å². The Bertz CT molecular complexity index is 887. The Morgan fingerprint density at radius 2 is 1.19 bits per heavy atom. The number of rotatable bonds is 12. The molecule has 0 bridgehead atoms. The number of hydrogen-bond acceptors (Lipinski definition) is 9. The zero-order valence-corrected chi connectivity index (χ0v) is 17.8. The highest BCUT2D eigenvalue weighted by Gasteiger charge is 2.19. The Labute approximate surface area is 184 Å². The van der Waals surface area contributed by atoms with Crippen LogP contribution in [0.15, 0.2) is 36.4 Å². The van der Waals surface area contributed by atoms with Gasteiger partial charge in [0, 0.05) is 48.6 Å². The van der Waals surface area contributed by atoms with Gasteiger partial charge >= 0.3 is 6.16 Å². The van der Waals surface area contributed by atoms with Crippen molar-refractivity contribution < 1.29 is 33.6 Å². The summed E-state index contributed by atoms with van der Waals surface area (Å²) in [4.78, 5) is 33.4. The smallest absolute Gasteiger partial charge is 0.394 e. The van der Waals surface area contributed by atoms with Gasteiger partial charge in [-0.2, -0.15) is 0 Å². The average molecular weight is 448 g/mol. The molecule has 0 aliphatic rings. The zero-order chi connectivity index (χ0) is 23.5. The van der Waals surface area contributed by atoms with E-state index in [1.165, 1.54) is 36.4 Å². The SMILES string of the molecule is CCOCCc1cc([N+](=O)[O-])ccc1OC(=O)Oc1ccc([N+](=O)[O-])cc1CCOCC. The summed E-state index contributed by atoms with van der Waals surface area (Å²) in [5.41, 5.74) is 0.520. The third kappa shape index (κ3) is 7.29. The summed E-state index contributed by atoms with van der Waals surface area (Å²) in [5.74, 6) is 0.191. The summed E-state index contributed by atoms with van der Waals surface area (Å²) < 4.78 is 21.1. The topological polar surface area (TPSA) is 140 Å². The highest BCUT2D eigenvalue weighted by atomic mass is 16.7. The lowest BCUT2D eigenvalue weighted by atomic mass is 10.1. The Morgan fingerprint density at radius 1 is 0.781 bits per heavy atom. The molecule has 0 radical (unpaired) electrons. The second kappa shape index (κ2) is 12.3. The van der Waals surface area contributed by atoms with Crippen LogP contribution in [0.2, 0.25) is 0 Å². The molecule has 11 nitrogen and oxygen atoms in total. The minimum Gasteiger partial charge on any atom is -0.394 e. The summed E-state index contributed by atoms with van der Waals surface area (Å²) in [6.07, 6.45) is -0.507. The van der Waals surface area contributed by atoms with Gasteiger partial charge < -0.3 is 18.9 Å². The number of nitrogens with zero attached hydrogens (tertiary/aromatic N) is 2. The van der Waals surface area contributed by atoms with Crippen molar-refractivity contribution in [1.82, 2.24) is 0 Å². The average Bonchev–Trinajstić information content (AvgIpc) is 2.75. The van der Waals surface area contributed by atoms with Crippen molar-refractivity contribution in [3.63, 3.8) is 0 Å². The van der Waals surface area contributed by atoms with Crippen LogP contribution in [-0.4, -0.2) is 42.4 Å². The van der Waals surface area contributed by atoms with E-state index in [9.17, 15) is 25.0 Å².